The zero-order valence-electron chi connectivity index (χ0n) is 18.2. The highest BCUT2D eigenvalue weighted by atomic mass is 19.3. The lowest BCUT2D eigenvalue weighted by Crippen LogP contribution is -2.51. The number of carbonyl (C=O) groups is 1. The van der Waals surface area contributed by atoms with E-state index in [4.69, 9.17) is 15.5 Å². The molecule has 2 N–H and O–H groups in total. The third-order valence-electron chi connectivity index (χ3n) is 7.98. The van der Waals surface area contributed by atoms with Gasteiger partial charge in [-0.25, -0.2) is 13.8 Å². The molecular weight excluding hydrogens is 402 g/mol. The molecule has 1 unspecified atom stereocenters. The van der Waals surface area contributed by atoms with E-state index in [1.807, 2.05) is 12.1 Å². The predicted molar refractivity (Wildman–Crippen MR) is 113 cm³/mol. The molecule has 8 heteroatoms. The monoisotopic (exact) mass is 432 g/mol. The van der Waals surface area contributed by atoms with Crippen LogP contribution >= 0.6 is 0 Å². The van der Waals surface area contributed by atoms with Crippen molar-refractivity contribution in [1.82, 2.24) is 9.80 Å². The highest BCUT2D eigenvalue weighted by Crippen LogP contribution is 2.61. The molecule has 1 atom stereocenters. The summed E-state index contributed by atoms with van der Waals surface area (Å²) in [5, 5.41) is 0. The molecule has 168 valence electrons. The molecule has 1 saturated carbocycles. The number of amides is 1. The molecule has 2 spiro atoms. The number of likely N-dealkylation sites (N-methyl/N-ethyl adjacent to an activating group) is 1. The number of ether oxygens (including phenoxy) is 1. The molecule has 0 radical (unpaired) electrons. The summed E-state index contributed by atoms with van der Waals surface area (Å²) in [6.45, 7) is 0.607. The minimum atomic E-state index is -2.62. The number of fused-ring (bicyclic) bond motifs is 3. The van der Waals surface area contributed by atoms with Gasteiger partial charge in [-0.3, -0.25) is 14.6 Å². The Morgan fingerprint density at radius 2 is 2.00 bits per heavy atom. The highest BCUT2D eigenvalue weighted by molar-refractivity contribution is 6.08. The number of nitrogens with two attached hydrogens (primary N) is 1. The maximum atomic E-state index is 13.7. The van der Waals surface area contributed by atoms with Crippen molar-refractivity contribution in [1.29, 1.82) is 0 Å². The number of hydrogen-bond acceptors (Lipinski definition) is 5. The second-order valence-corrected chi connectivity index (χ2v) is 9.74. The fourth-order valence-electron chi connectivity index (χ4n) is 6.27. The van der Waals surface area contributed by atoms with Crippen molar-refractivity contribution in [2.75, 3.05) is 27.2 Å². The lowest BCUT2D eigenvalue weighted by atomic mass is 9.61. The minimum absolute atomic E-state index is 0.0792. The first-order valence-corrected chi connectivity index (χ1v) is 11.1. The van der Waals surface area contributed by atoms with Gasteiger partial charge in [0, 0.05) is 39.1 Å². The quantitative estimate of drug-likeness (QED) is 0.797. The van der Waals surface area contributed by atoms with Crippen LogP contribution in [0.15, 0.2) is 23.2 Å². The summed E-state index contributed by atoms with van der Waals surface area (Å²) < 4.78 is 32.9. The first-order chi connectivity index (χ1) is 14.7. The molecule has 1 aromatic rings. The summed E-state index contributed by atoms with van der Waals surface area (Å²) in [6.07, 6.45) is 4.32. The third kappa shape index (κ3) is 3.02. The summed E-state index contributed by atoms with van der Waals surface area (Å²) in [5.74, 6) is -2.45. The van der Waals surface area contributed by atoms with Crippen molar-refractivity contribution in [3.05, 3.63) is 34.9 Å². The van der Waals surface area contributed by atoms with Crippen molar-refractivity contribution in [3.8, 4) is 0 Å². The minimum Gasteiger partial charge on any atom is -0.381 e. The van der Waals surface area contributed by atoms with E-state index in [-0.39, 0.29) is 36.4 Å². The Morgan fingerprint density at radius 1 is 1.26 bits per heavy atom. The van der Waals surface area contributed by atoms with E-state index in [9.17, 15) is 13.6 Å². The SMILES string of the molecule is COC1CCC2(CC1)Cc1ccc(CN3CCC(F)(F)C3)cc1C21N=C(N)N(C)C1=O. The van der Waals surface area contributed by atoms with Gasteiger partial charge >= 0.3 is 0 Å². The predicted octanol–water partition coefficient (Wildman–Crippen LogP) is 2.64. The number of hydrogen-bond donors (Lipinski definition) is 1. The Kier molecular flexibility index (Phi) is 4.68. The molecule has 1 saturated heterocycles. The highest BCUT2D eigenvalue weighted by Gasteiger charge is 2.66. The Hall–Kier alpha value is -2.06. The summed E-state index contributed by atoms with van der Waals surface area (Å²) in [7, 11) is 3.42. The van der Waals surface area contributed by atoms with E-state index < -0.39 is 11.5 Å². The molecule has 5 rings (SSSR count). The number of benzene rings is 1. The number of aliphatic imine (C=N–C) groups is 1. The second kappa shape index (κ2) is 6.97. The van der Waals surface area contributed by atoms with Crippen LogP contribution in [0.5, 0.6) is 0 Å². The number of alkyl halides is 2. The van der Waals surface area contributed by atoms with Crippen molar-refractivity contribution in [3.63, 3.8) is 0 Å². The molecule has 6 nitrogen and oxygen atoms in total. The maximum absolute atomic E-state index is 13.7. The van der Waals surface area contributed by atoms with Gasteiger partial charge in [0.05, 0.1) is 12.6 Å². The van der Waals surface area contributed by atoms with Crippen LogP contribution in [-0.2, 0) is 28.0 Å². The van der Waals surface area contributed by atoms with Gasteiger partial charge in [-0.2, -0.15) is 0 Å². The van der Waals surface area contributed by atoms with E-state index in [1.54, 1.807) is 19.1 Å². The molecule has 4 aliphatic rings. The summed E-state index contributed by atoms with van der Waals surface area (Å²) in [5.41, 5.74) is 7.78. The average molecular weight is 433 g/mol. The summed E-state index contributed by atoms with van der Waals surface area (Å²) in [4.78, 5) is 21.7. The molecule has 1 amide bonds. The third-order valence-corrected chi connectivity index (χ3v) is 7.98. The second-order valence-electron chi connectivity index (χ2n) is 9.74. The van der Waals surface area contributed by atoms with E-state index in [2.05, 4.69) is 6.07 Å². The molecule has 2 aliphatic heterocycles. The van der Waals surface area contributed by atoms with E-state index in [0.717, 1.165) is 48.8 Å². The molecule has 1 aromatic carbocycles. The fourth-order valence-corrected chi connectivity index (χ4v) is 6.27. The van der Waals surface area contributed by atoms with Gasteiger partial charge in [-0.1, -0.05) is 18.2 Å². The van der Waals surface area contributed by atoms with E-state index in [0.29, 0.717) is 13.1 Å². The van der Waals surface area contributed by atoms with Crippen molar-refractivity contribution in [2.24, 2.45) is 16.1 Å². The van der Waals surface area contributed by atoms with Crippen LogP contribution in [0.25, 0.3) is 0 Å². The zero-order valence-corrected chi connectivity index (χ0v) is 18.2. The summed E-state index contributed by atoms with van der Waals surface area (Å²) in [6, 6.07) is 6.10. The first kappa shape index (κ1) is 20.8. The summed E-state index contributed by atoms with van der Waals surface area (Å²) >= 11 is 0. The van der Waals surface area contributed by atoms with Gasteiger partial charge in [0.1, 0.15) is 0 Å². The van der Waals surface area contributed by atoms with Crippen LogP contribution < -0.4 is 5.73 Å². The first-order valence-electron chi connectivity index (χ1n) is 11.1. The van der Waals surface area contributed by atoms with Gasteiger partial charge in [-0.05, 0) is 48.8 Å². The van der Waals surface area contributed by atoms with Crippen molar-refractivity contribution >= 4 is 11.9 Å². The number of rotatable bonds is 3. The molecular formula is C23H30F2N4O2. The van der Waals surface area contributed by atoms with Gasteiger partial charge in [0.2, 0.25) is 0 Å². The number of guanidine groups is 1. The van der Waals surface area contributed by atoms with Crippen LogP contribution in [0, 0.1) is 5.41 Å². The van der Waals surface area contributed by atoms with Crippen molar-refractivity contribution in [2.45, 2.75) is 62.6 Å². The Balaban J connectivity index is 1.53. The zero-order chi connectivity index (χ0) is 22.0. The lowest BCUT2D eigenvalue weighted by molar-refractivity contribution is -0.137. The number of likely N-dealkylation sites (tertiary alicyclic amines) is 1. The van der Waals surface area contributed by atoms with E-state index >= 15 is 0 Å². The van der Waals surface area contributed by atoms with Gasteiger partial charge in [0.25, 0.3) is 11.8 Å². The number of nitrogens with zero attached hydrogens (tertiary/aromatic N) is 3. The number of carbonyl (C=O) groups excluding carboxylic acids is 1. The molecule has 2 heterocycles. The lowest BCUT2D eigenvalue weighted by Gasteiger charge is -2.45. The van der Waals surface area contributed by atoms with Crippen molar-refractivity contribution < 1.29 is 18.3 Å². The smallest absolute Gasteiger partial charge is 0.262 e. The van der Waals surface area contributed by atoms with Gasteiger partial charge in [0.15, 0.2) is 11.5 Å². The Morgan fingerprint density at radius 3 is 2.58 bits per heavy atom. The van der Waals surface area contributed by atoms with Crippen LogP contribution in [-0.4, -0.2) is 60.9 Å². The van der Waals surface area contributed by atoms with Gasteiger partial charge in [-0.15, -0.1) is 0 Å². The van der Waals surface area contributed by atoms with E-state index in [1.165, 1.54) is 4.90 Å². The molecule has 2 aliphatic carbocycles. The topological polar surface area (TPSA) is 71.2 Å². The maximum Gasteiger partial charge on any atom is 0.262 e. The van der Waals surface area contributed by atoms with Crippen LogP contribution in [0.2, 0.25) is 0 Å². The average Bonchev–Trinajstić information content (AvgIpc) is 3.30. The molecule has 31 heavy (non-hydrogen) atoms. The largest absolute Gasteiger partial charge is 0.381 e. The standard InChI is InChI=1S/C23H30F2N4O2/c1-28-19(30)23(27-20(28)26)18-11-15(13-29-10-9-22(24,25)14-29)3-4-16(18)12-21(23)7-5-17(31-2)6-8-21/h3-4,11,17H,5-10,12-14H2,1-2H3,(H2,26,27). The molecule has 0 bridgehead atoms. The molecule has 2 fully saturated rings. The normalized spacial score (nSPS) is 34.7. The van der Waals surface area contributed by atoms with Crippen LogP contribution in [0.3, 0.4) is 0 Å². The number of halogens is 2. The van der Waals surface area contributed by atoms with Crippen LogP contribution in [0.4, 0.5) is 8.78 Å². The van der Waals surface area contributed by atoms with Gasteiger partial charge < -0.3 is 10.5 Å². The Labute approximate surface area is 181 Å². The fraction of sp³-hybridized carbons (Fsp3) is 0.652. The van der Waals surface area contributed by atoms with Crippen LogP contribution in [0.1, 0.15) is 48.8 Å². The molecule has 0 aromatic heterocycles. The number of methoxy groups -OCH3 is 1. The Bertz CT molecular complexity index is 942.